The molecular weight excluding hydrogens is 479 g/mol. The minimum atomic E-state index is -3.75. The van der Waals surface area contributed by atoms with E-state index in [9.17, 15) is 18.5 Å². The summed E-state index contributed by atoms with van der Waals surface area (Å²) in [5.74, 6) is 0.380. The third-order valence-electron chi connectivity index (χ3n) is 5.06. The molecule has 0 atom stereocenters. The van der Waals surface area contributed by atoms with E-state index in [0.717, 1.165) is 0 Å². The molecule has 1 aromatic heterocycles. The van der Waals surface area contributed by atoms with Gasteiger partial charge in [-0.2, -0.15) is 4.31 Å². The molecule has 32 heavy (non-hydrogen) atoms. The van der Waals surface area contributed by atoms with E-state index >= 15 is 0 Å². The molecule has 3 aromatic rings. The maximum Gasteiger partial charge on any atom is 0.270 e. The molecule has 10 nitrogen and oxygen atoms in total. The number of aromatic nitrogens is 3. The van der Waals surface area contributed by atoms with Gasteiger partial charge in [-0.15, -0.1) is 5.10 Å². The number of non-ortho nitro benzene ring substituents is 1. The van der Waals surface area contributed by atoms with Gasteiger partial charge in [0.1, 0.15) is 11.2 Å². The van der Waals surface area contributed by atoms with Crippen molar-refractivity contribution in [3.63, 3.8) is 0 Å². The van der Waals surface area contributed by atoms with Crippen LogP contribution in [-0.4, -0.2) is 63.5 Å². The van der Waals surface area contributed by atoms with Gasteiger partial charge in [-0.3, -0.25) is 15.0 Å². The lowest BCUT2D eigenvalue weighted by Crippen LogP contribution is -2.48. The molecule has 0 radical (unpaired) electrons. The highest BCUT2D eigenvalue weighted by Gasteiger charge is 2.30. The Morgan fingerprint density at radius 3 is 2.50 bits per heavy atom. The predicted molar refractivity (Wildman–Crippen MR) is 119 cm³/mol. The average Bonchev–Trinajstić information content (AvgIpc) is 3.24. The summed E-state index contributed by atoms with van der Waals surface area (Å²) < 4.78 is 28.9. The van der Waals surface area contributed by atoms with E-state index < -0.39 is 14.9 Å². The van der Waals surface area contributed by atoms with Gasteiger partial charge >= 0.3 is 0 Å². The minimum Gasteiger partial charge on any atom is -0.282 e. The van der Waals surface area contributed by atoms with E-state index in [1.807, 2.05) is 4.90 Å². The van der Waals surface area contributed by atoms with Gasteiger partial charge in [0.25, 0.3) is 5.69 Å². The third kappa shape index (κ3) is 4.62. The average molecular weight is 497 g/mol. The van der Waals surface area contributed by atoms with Crippen LogP contribution in [0, 0.1) is 10.1 Å². The summed E-state index contributed by atoms with van der Waals surface area (Å²) >= 11 is 12.1. The molecule has 1 saturated heterocycles. The Balaban J connectivity index is 1.40. The van der Waals surface area contributed by atoms with E-state index in [1.54, 1.807) is 35.3 Å². The Morgan fingerprint density at radius 2 is 1.78 bits per heavy atom. The maximum absolute atomic E-state index is 12.9. The quantitative estimate of drug-likeness (QED) is 0.380. The van der Waals surface area contributed by atoms with E-state index in [4.69, 9.17) is 23.2 Å². The van der Waals surface area contributed by atoms with E-state index in [1.165, 1.54) is 22.5 Å². The lowest BCUT2D eigenvalue weighted by molar-refractivity contribution is -0.384. The molecular formula is C19H18Cl2N6O4S. The van der Waals surface area contributed by atoms with Crippen LogP contribution in [0.3, 0.4) is 0 Å². The maximum atomic E-state index is 12.9. The highest BCUT2D eigenvalue weighted by Crippen LogP contribution is 2.31. The topological polar surface area (TPSA) is 114 Å². The summed E-state index contributed by atoms with van der Waals surface area (Å²) in [6.07, 6.45) is 1.54. The van der Waals surface area contributed by atoms with E-state index in [0.29, 0.717) is 31.1 Å². The monoisotopic (exact) mass is 496 g/mol. The number of nitro groups is 1. The number of nitrogens with zero attached hydrogens (tertiary/aromatic N) is 6. The van der Waals surface area contributed by atoms with Crippen LogP contribution in [0.1, 0.15) is 0 Å². The highest BCUT2D eigenvalue weighted by molar-refractivity contribution is 7.89. The van der Waals surface area contributed by atoms with Gasteiger partial charge in [0, 0.05) is 43.9 Å². The Morgan fingerprint density at radius 1 is 1.06 bits per heavy atom. The third-order valence-corrected chi connectivity index (χ3v) is 7.93. The fourth-order valence-electron chi connectivity index (χ4n) is 3.39. The molecule has 1 aliphatic rings. The summed E-state index contributed by atoms with van der Waals surface area (Å²) in [6.45, 7) is 1.97. The van der Waals surface area contributed by atoms with Crippen LogP contribution in [0.5, 0.6) is 0 Å². The van der Waals surface area contributed by atoms with Gasteiger partial charge in [0.2, 0.25) is 10.0 Å². The molecule has 2 aromatic carbocycles. The number of benzene rings is 2. The van der Waals surface area contributed by atoms with Crippen LogP contribution in [0.2, 0.25) is 10.0 Å². The standard InChI is InChI=1S/C19H18Cl2N6O4S/c20-16-5-2-6-17(18(16)21)32(30,31)26-9-7-24(8-10-26)13-25-12-22-19(23-25)14-3-1-4-15(11-14)27(28)29/h1-6,11-12H,7-10,13H2. The minimum absolute atomic E-state index is 0.00186. The molecule has 168 valence electrons. The lowest BCUT2D eigenvalue weighted by Gasteiger charge is -2.33. The van der Waals surface area contributed by atoms with Crippen molar-refractivity contribution >= 4 is 38.9 Å². The van der Waals surface area contributed by atoms with Crippen molar-refractivity contribution in [3.8, 4) is 11.4 Å². The number of hydrogen-bond donors (Lipinski definition) is 0. The zero-order valence-corrected chi connectivity index (χ0v) is 19.0. The van der Waals surface area contributed by atoms with Gasteiger partial charge in [0.05, 0.1) is 21.6 Å². The zero-order valence-electron chi connectivity index (χ0n) is 16.6. The Bertz CT molecular complexity index is 1260. The first kappa shape index (κ1) is 22.6. The summed E-state index contributed by atoms with van der Waals surface area (Å²) in [5.41, 5.74) is 0.517. The highest BCUT2D eigenvalue weighted by atomic mass is 35.5. The second-order valence-electron chi connectivity index (χ2n) is 7.13. The first-order valence-corrected chi connectivity index (χ1v) is 11.8. The van der Waals surface area contributed by atoms with Gasteiger partial charge in [-0.05, 0) is 12.1 Å². The van der Waals surface area contributed by atoms with Crippen molar-refractivity contribution < 1.29 is 13.3 Å². The van der Waals surface area contributed by atoms with E-state index in [-0.39, 0.29) is 33.7 Å². The van der Waals surface area contributed by atoms with Crippen LogP contribution in [0.15, 0.2) is 53.7 Å². The largest absolute Gasteiger partial charge is 0.282 e. The van der Waals surface area contributed by atoms with Crippen molar-refractivity contribution in [2.24, 2.45) is 0 Å². The SMILES string of the molecule is O=[N+]([O-])c1cccc(-c2ncn(CN3CCN(S(=O)(=O)c4cccc(Cl)c4Cl)CC3)n2)c1. The second kappa shape index (κ2) is 9.12. The number of sulfonamides is 1. The Kier molecular flexibility index (Phi) is 6.45. The van der Waals surface area contributed by atoms with Gasteiger partial charge < -0.3 is 0 Å². The molecule has 0 bridgehead atoms. The van der Waals surface area contributed by atoms with Crippen molar-refractivity contribution in [1.82, 2.24) is 24.0 Å². The molecule has 1 aliphatic heterocycles. The Hall–Kier alpha value is -2.57. The summed E-state index contributed by atoms with van der Waals surface area (Å²) in [4.78, 5) is 16.8. The van der Waals surface area contributed by atoms with Crippen molar-refractivity contribution in [2.75, 3.05) is 26.2 Å². The molecule has 0 spiro atoms. The molecule has 0 aliphatic carbocycles. The smallest absolute Gasteiger partial charge is 0.270 e. The van der Waals surface area contributed by atoms with Gasteiger partial charge in [0.15, 0.2) is 5.82 Å². The van der Waals surface area contributed by atoms with E-state index in [2.05, 4.69) is 10.1 Å². The molecule has 0 unspecified atom stereocenters. The van der Waals surface area contributed by atoms with Crippen LogP contribution in [-0.2, 0) is 16.7 Å². The first-order valence-electron chi connectivity index (χ1n) is 9.56. The zero-order chi connectivity index (χ0) is 22.9. The molecule has 0 saturated carbocycles. The van der Waals surface area contributed by atoms with Gasteiger partial charge in [-0.1, -0.05) is 41.4 Å². The molecule has 13 heteroatoms. The summed E-state index contributed by atoms with van der Waals surface area (Å²) in [6, 6.07) is 10.7. The van der Waals surface area contributed by atoms with Crippen LogP contribution >= 0.6 is 23.2 Å². The van der Waals surface area contributed by atoms with Gasteiger partial charge in [-0.25, -0.2) is 18.1 Å². The molecule has 0 N–H and O–H groups in total. The lowest BCUT2D eigenvalue weighted by atomic mass is 10.2. The number of rotatable bonds is 6. The fraction of sp³-hybridized carbons (Fsp3) is 0.263. The normalized spacial score (nSPS) is 15.7. The van der Waals surface area contributed by atoms with Crippen molar-refractivity contribution in [1.29, 1.82) is 0 Å². The van der Waals surface area contributed by atoms with Crippen LogP contribution in [0.4, 0.5) is 5.69 Å². The molecule has 2 heterocycles. The molecule has 0 amide bonds. The fourth-order valence-corrected chi connectivity index (χ4v) is 5.55. The number of halogens is 2. The van der Waals surface area contributed by atoms with Crippen molar-refractivity contribution in [3.05, 3.63) is 69.0 Å². The molecule has 4 rings (SSSR count). The second-order valence-corrected chi connectivity index (χ2v) is 9.82. The first-order chi connectivity index (χ1) is 15.3. The summed E-state index contributed by atoms with van der Waals surface area (Å²) in [7, 11) is -3.75. The number of piperazine rings is 1. The number of nitro benzene ring substituents is 1. The molecule has 1 fully saturated rings. The van der Waals surface area contributed by atoms with Crippen molar-refractivity contribution in [2.45, 2.75) is 11.6 Å². The van der Waals surface area contributed by atoms with Crippen LogP contribution in [0.25, 0.3) is 11.4 Å². The van der Waals surface area contributed by atoms with Crippen LogP contribution < -0.4 is 0 Å². The summed E-state index contributed by atoms with van der Waals surface area (Å²) in [5, 5.41) is 15.6. The Labute approximate surface area is 194 Å². The predicted octanol–water partition coefficient (Wildman–Crippen LogP) is 3.12. The number of hydrogen-bond acceptors (Lipinski definition) is 7.